The second-order valence-electron chi connectivity index (χ2n) is 8.58. The SMILES string of the molecule is Cc1ccc(N2CCN(C(=O)CN3CCC(C(=O)Nc4ccc(O)c(Cl)c4)C3)CC2)cc1. The topological polar surface area (TPSA) is 76.1 Å². The maximum absolute atomic E-state index is 12.8. The number of phenols is 1. The van der Waals surface area contributed by atoms with E-state index in [1.165, 1.54) is 23.4 Å². The summed E-state index contributed by atoms with van der Waals surface area (Å²) in [6.07, 6.45) is 0.714. The summed E-state index contributed by atoms with van der Waals surface area (Å²) in [7, 11) is 0. The quantitative estimate of drug-likeness (QED) is 0.676. The predicted molar refractivity (Wildman–Crippen MR) is 126 cm³/mol. The van der Waals surface area contributed by atoms with Crippen LogP contribution in [0.5, 0.6) is 5.75 Å². The lowest BCUT2D eigenvalue weighted by Gasteiger charge is -2.36. The fourth-order valence-electron chi connectivity index (χ4n) is 4.28. The van der Waals surface area contributed by atoms with Crippen LogP contribution in [0.2, 0.25) is 5.02 Å². The average Bonchev–Trinajstić information content (AvgIpc) is 3.25. The Bertz CT molecular complexity index is 974. The van der Waals surface area contributed by atoms with Gasteiger partial charge in [-0.05, 0) is 50.2 Å². The number of nitrogens with one attached hydrogen (secondary N) is 1. The van der Waals surface area contributed by atoms with Crippen molar-refractivity contribution in [2.24, 2.45) is 5.92 Å². The largest absolute Gasteiger partial charge is 0.506 e. The number of carbonyl (C=O) groups is 2. The van der Waals surface area contributed by atoms with Gasteiger partial charge in [-0.3, -0.25) is 14.5 Å². The lowest BCUT2D eigenvalue weighted by molar-refractivity contribution is -0.132. The van der Waals surface area contributed by atoms with Gasteiger partial charge in [-0.25, -0.2) is 0 Å². The van der Waals surface area contributed by atoms with E-state index >= 15 is 0 Å². The summed E-state index contributed by atoms with van der Waals surface area (Å²) < 4.78 is 0. The number of piperazine rings is 1. The summed E-state index contributed by atoms with van der Waals surface area (Å²) >= 11 is 5.91. The molecule has 0 spiro atoms. The molecular weight excluding hydrogens is 428 g/mol. The monoisotopic (exact) mass is 456 g/mol. The Kier molecular flexibility index (Phi) is 6.86. The van der Waals surface area contributed by atoms with Crippen molar-refractivity contribution in [3.05, 3.63) is 53.1 Å². The Hall–Kier alpha value is -2.77. The fraction of sp³-hybridized carbons (Fsp3) is 0.417. The zero-order valence-electron chi connectivity index (χ0n) is 18.3. The maximum Gasteiger partial charge on any atom is 0.236 e. The molecule has 2 fully saturated rings. The lowest BCUT2D eigenvalue weighted by atomic mass is 10.1. The molecule has 2 aliphatic rings. The third-order valence-electron chi connectivity index (χ3n) is 6.25. The van der Waals surface area contributed by atoms with Gasteiger partial charge >= 0.3 is 0 Å². The van der Waals surface area contributed by atoms with Crippen LogP contribution in [0.1, 0.15) is 12.0 Å². The number of hydrogen-bond acceptors (Lipinski definition) is 5. The van der Waals surface area contributed by atoms with Crippen molar-refractivity contribution in [3.63, 3.8) is 0 Å². The normalized spacial score (nSPS) is 19.2. The Morgan fingerprint density at radius 2 is 1.78 bits per heavy atom. The number of rotatable bonds is 5. The highest BCUT2D eigenvalue weighted by molar-refractivity contribution is 6.32. The molecule has 2 aromatic rings. The second-order valence-corrected chi connectivity index (χ2v) is 8.99. The van der Waals surface area contributed by atoms with Crippen LogP contribution < -0.4 is 10.2 Å². The van der Waals surface area contributed by atoms with Crippen molar-refractivity contribution >= 4 is 34.8 Å². The van der Waals surface area contributed by atoms with Gasteiger partial charge in [-0.2, -0.15) is 0 Å². The first kappa shape index (κ1) is 22.4. The van der Waals surface area contributed by atoms with Gasteiger partial charge in [0.15, 0.2) is 0 Å². The number of halogens is 1. The van der Waals surface area contributed by atoms with Gasteiger partial charge in [0.25, 0.3) is 0 Å². The van der Waals surface area contributed by atoms with E-state index in [1.54, 1.807) is 6.07 Å². The van der Waals surface area contributed by atoms with Crippen molar-refractivity contribution in [2.45, 2.75) is 13.3 Å². The third-order valence-corrected chi connectivity index (χ3v) is 6.55. The average molecular weight is 457 g/mol. The van der Waals surface area contributed by atoms with Crippen LogP contribution in [0.15, 0.2) is 42.5 Å². The summed E-state index contributed by atoms with van der Waals surface area (Å²) in [5.41, 5.74) is 3.00. The number of hydrogen-bond donors (Lipinski definition) is 2. The van der Waals surface area contributed by atoms with Crippen LogP contribution in [-0.4, -0.2) is 72.5 Å². The molecule has 32 heavy (non-hydrogen) atoms. The summed E-state index contributed by atoms with van der Waals surface area (Å²) in [6.45, 7) is 6.80. The van der Waals surface area contributed by atoms with Crippen LogP contribution in [0.3, 0.4) is 0 Å². The molecule has 0 saturated carbocycles. The Labute approximate surface area is 193 Å². The maximum atomic E-state index is 12.8. The van der Waals surface area contributed by atoms with E-state index in [1.807, 2.05) is 4.90 Å². The predicted octanol–water partition coefficient (Wildman–Crippen LogP) is 2.96. The smallest absolute Gasteiger partial charge is 0.236 e. The van der Waals surface area contributed by atoms with Crippen LogP contribution in [0.4, 0.5) is 11.4 Å². The number of nitrogens with zero attached hydrogens (tertiary/aromatic N) is 3. The zero-order valence-corrected chi connectivity index (χ0v) is 19.0. The van der Waals surface area contributed by atoms with Crippen molar-refractivity contribution < 1.29 is 14.7 Å². The minimum atomic E-state index is -0.172. The molecule has 2 amide bonds. The van der Waals surface area contributed by atoms with E-state index in [0.29, 0.717) is 38.3 Å². The first-order valence-corrected chi connectivity index (χ1v) is 11.4. The number of carbonyl (C=O) groups excluding carboxylic acids is 2. The Balaban J connectivity index is 1.23. The first-order chi connectivity index (χ1) is 15.4. The standard InChI is InChI=1S/C24H29ClN4O3/c1-17-2-5-20(6-3-17)28-10-12-29(13-11-28)23(31)16-27-9-8-18(15-27)24(32)26-19-4-7-22(30)21(25)14-19/h2-7,14,18,30H,8-13,15-16H2,1H3,(H,26,32). The molecule has 8 heteroatoms. The van der Waals surface area contributed by atoms with Crippen molar-refractivity contribution in [1.29, 1.82) is 0 Å². The highest BCUT2D eigenvalue weighted by atomic mass is 35.5. The molecule has 0 bridgehead atoms. The van der Waals surface area contributed by atoms with Crippen LogP contribution in [0, 0.1) is 12.8 Å². The van der Waals surface area contributed by atoms with Crippen LogP contribution in [-0.2, 0) is 9.59 Å². The van der Waals surface area contributed by atoms with Gasteiger partial charge in [0.05, 0.1) is 17.5 Å². The second kappa shape index (κ2) is 9.79. The Morgan fingerprint density at radius 3 is 2.47 bits per heavy atom. The van der Waals surface area contributed by atoms with Crippen molar-refractivity contribution in [3.8, 4) is 5.75 Å². The number of aromatic hydroxyl groups is 1. The summed E-state index contributed by atoms with van der Waals surface area (Å²) in [5, 5.41) is 12.6. The minimum Gasteiger partial charge on any atom is -0.506 e. The van der Waals surface area contributed by atoms with Gasteiger partial charge < -0.3 is 20.2 Å². The van der Waals surface area contributed by atoms with Crippen molar-refractivity contribution in [2.75, 3.05) is 56.0 Å². The number of aryl methyl sites for hydroxylation is 1. The molecule has 0 radical (unpaired) electrons. The number of benzene rings is 2. The molecule has 1 unspecified atom stereocenters. The van der Waals surface area contributed by atoms with E-state index in [4.69, 9.17) is 11.6 Å². The molecule has 0 aliphatic carbocycles. The molecule has 2 N–H and O–H groups in total. The summed E-state index contributed by atoms with van der Waals surface area (Å²) in [4.78, 5) is 31.7. The highest BCUT2D eigenvalue weighted by Gasteiger charge is 2.31. The van der Waals surface area contributed by atoms with Gasteiger partial charge in [-0.15, -0.1) is 0 Å². The fourth-order valence-corrected chi connectivity index (χ4v) is 4.46. The number of amides is 2. The lowest BCUT2D eigenvalue weighted by Crippen LogP contribution is -2.51. The van der Waals surface area contributed by atoms with E-state index < -0.39 is 0 Å². The van der Waals surface area contributed by atoms with Gasteiger partial charge in [0, 0.05) is 44.1 Å². The van der Waals surface area contributed by atoms with E-state index in [0.717, 1.165) is 19.6 Å². The molecule has 1 atom stereocenters. The summed E-state index contributed by atoms with van der Waals surface area (Å²) in [6, 6.07) is 13.1. The highest BCUT2D eigenvalue weighted by Crippen LogP contribution is 2.27. The number of anilines is 2. The van der Waals surface area contributed by atoms with Gasteiger partial charge in [0.2, 0.25) is 11.8 Å². The van der Waals surface area contributed by atoms with Crippen molar-refractivity contribution in [1.82, 2.24) is 9.80 Å². The molecule has 0 aromatic heterocycles. The molecule has 7 nitrogen and oxygen atoms in total. The first-order valence-electron chi connectivity index (χ1n) is 11.0. The zero-order chi connectivity index (χ0) is 22.7. The molecule has 2 aromatic carbocycles. The number of phenolic OH excluding ortho intramolecular Hbond substituents is 1. The van der Waals surface area contributed by atoms with Gasteiger partial charge in [0.1, 0.15) is 5.75 Å². The van der Waals surface area contributed by atoms with E-state index in [9.17, 15) is 14.7 Å². The summed E-state index contributed by atoms with van der Waals surface area (Å²) in [5.74, 6) is -0.156. The molecule has 170 valence electrons. The Morgan fingerprint density at radius 1 is 1.06 bits per heavy atom. The minimum absolute atomic E-state index is 0.0186. The molecule has 2 aliphatic heterocycles. The number of likely N-dealkylation sites (tertiary alicyclic amines) is 1. The van der Waals surface area contributed by atoms with Crippen LogP contribution >= 0.6 is 11.6 Å². The van der Waals surface area contributed by atoms with E-state index in [-0.39, 0.29) is 28.5 Å². The molecule has 2 saturated heterocycles. The van der Waals surface area contributed by atoms with E-state index in [2.05, 4.69) is 46.3 Å². The van der Waals surface area contributed by atoms with Crippen LogP contribution in [0.25, 0.3) is 0 Å². The van der Waals surface area contributed by atoms with Gasteiger partial charge in [-0.1, -0.05) is 29.3 Å². The molecule has 2 heterocycles. The third kappa shape index (κ3) is 5.34. The molecule has 4 rings (SSSR count). The molecular formula is C24H29ClN4O3.